The molecule has 1 amide bonds. The molecule has 4 aromatic carbocycles. The molecule has 0 aliphatic rings. The maximum Gasteiger partial charge on any atom is 0.255 e. The van der Waals surface area contributed by atoms with E-state index in [0.717, 1.165) is 12.0 Å². The van der Waals surface area contributed by atoms with E-state index >= 15 is 0 Å². The minimum Gasteiger partial charge on any atom is -0.457 e. The summed E-state index contributed by atoms with van der Waals surface area (Å²) < 4.78 is 31.9. The molecule has 0 bridgehead atoms. The van der Waals surface area contributed by atoms with Crippen LogP contribution in [0.5, 0.6) is 11.5 Å². The summed E-state index contributed by atoms with van der Waals surface area (Å²) in [6, 6.07) is 29.9. The molecule has 0 atom stereocenters. The van der Waals surface area contributed by atoms with Crippen molar-refractivity contribution in [3.8, 4) is 11.5 Å². The third kappa shape index (κ3) is 6.41. The van der Waals surface area contributed by atoms with E-state index in [-0.39, 0.29) is 12.5 Å². The zero-order valence-electron chi connectivity index (χ0n) is 18.9. The van der Waals surface area contributed by atoms with Crippen molar-refractivity contribution in [3.63, 3.8) is 0 Å². The Morgan fingerprint density at radius 2 is 1.43 bits per heavy atom. The lowest BCUT2D eigenvalue weighted by molar-refractivity contribution is 0.102. The number of carbonyl (C=O) groups is 1. The van der Waals surface area contributed by atoms with Crippen molar-refractivity contribution in [2.24, 2.45) is 0 Å². The smallest absolute Gasteiger partial charge is 0.255 e. The number of hydrogen-bond acceptors (Lipinski definition) is 4. The molecule has 0 radical (unpaired) electrons. The number of nitrogens with one attached hydrogen (secondary N) is 1. The number of carbonyl (C=O) groups excluding carboxylic acids is 1. The number of sulfonamides is 1. The van der Waals surface area contributed by atoms with Gasteiger partial charge in [0.25, 0.3) is 5.91 Å². The Bertz CT molecular complexity index is 1410. The Morgan fingerprint density at radius 3 is 2.06 bits per heavy atom. The van der Waals surface area contributed by atoms with Crippen LogP contribution in [0.1, 0.15) is 15.9 Å². The molecule has 0 spiro atoms. The third-order valence-electron chi connectivity index (χ3n) is 5.18. The van der Waals surface area contributed by atoms with E-state index < -0.39 is 10.0 Å². The summed E-state index contributed by atoms with van der Waals surface area (Å²) >= 11 is 6.22. The SMILES string of the molecule is CS(=O)(=O)N(Cc1ccccc1Cl)c1ccc(C(=O)Nc2ccc(Oc3ccccc3)cc2)cc1. The molecule has 4 aromatic rings. The van der Waals surface area contributed by atoms with Crippen molar-refractivity contribution >= 4 is 38.9 Å². The quantitative estimate of drug-likeness (QED) is 0.302. The van der Waals surface area contributed by atoms with Gasteiger partial charge in [-0.1, -0.05) is 48.0 Å². The Labute approximate surface area is 209 Å². The maximum absolute atomic E-state index is 12.7. The molecule has 0 aliphatic carbocycles. The zero-order valence-corrected chi connectivity index (χ0v) is 20.5. The van der Waals surface area contributed by atoms with Gasteiger partial charge in [-0.05, 0) is 72.3 Å². The van der Waals surface area contributed by atoms with Gasteiger partial charge < -0.3 is 10.1 Å². The van der Waals surface area contributed by atoms with Crippen LogP contribution in [0.25, 0.3) is 0 Å². The van der Waals surface area contributed by atoms with E-state index in [2.05, 4.69) is 5.32 Å². The molecule has 0 saturated heterocycles. The Balaban J connectivity index is 1.44. The van der Waals surface area contributed by atoms with Gasteiger partial charge >= 0.3 is 0 Å². The van der Waals surface area contributed by atoms with Gasteiger partial charge in [0, 0.05) is 16.3 Å². The highest BCUT2D eigenvalue weighted by molar-refractivity contribution is 7.92. The summed E-state index contributed by atoms with van der Waals surface area (Å²) in [5.41, 5.74) is 2.12. The number of anilines is 2. The normalized spacial score (nSPS) is 11.0. The van der Waals surface area contributed by atoms with Gasteiger partial charge in [-0.25, -0.2) is 8.42 Å². The fraction of sp³-hybridized carbons (Fsp3) is 0.0741. The molecule has 0 fully saturated rings. The summed E-state index contributed by atoms with van der Waals surface area (Å²) in [4.78, 5) is 12.7. The van der Waals surface area contributed by atoms with Crippen LogP contribution in [-0.4, -0.2) is 20.6 Å². The van der Waals surface area contributed by atoms with Crippen LogP contribution in [0.15, 0.2) is 103 Å². The highest BCUT2D eigenvalue weighted by atomic mass is 35.5. The number of para-hydroxylation sites is 1. The molecule has 0 aliphatic heterocycles. The molecular formula is C27H23ClN2O4S. The number of nitrogens with zero attached hydrogens (tertiary/aromatic N) is 1. The number of rotatable bonds is 8. The Hall–Kier alpha value is -3.81. The third-order valence-corrected chi connectivity index (χ3v) is 6.69. The first-order valence-electron chi connectivity index (χ1n) is 10.7. The second kappa shape index (κ2) is 10.6. The molecule has 35 heavy (non-hydrogen) atoms. The van der Waals surface area contributed by atoms with Crippen LogP contribution in [-0.2, 0) is 16.6 Å². The van der Waals surface area contributed by atoms with Gasteiger partial charge in [-0.2, -0.15) is 0 Å². The predicted octanol–water partition coefficient (Wildman–Crippen LogP) is 6.35. The fourth-order valence-electron chi connectivity index (χ4n) is 3.39. The van der Waals surface area contributed by atoms with Gasteiger partial charge in [0.05, 0.1) is 18.5 Å². The molecule has 0 aromatic heterocycles. The number of halogens is 1. The van der Waals surface area contributed by atoms with E-state index in [1.165, 1.54) is 4.31 Å². The van der Waals surface area contributed by atoms with Crippen molar-refractivity contribution in [1.82, 2.24) is 0 Å². The van der Waals surface area contributed by atoms with E-state index in [9.17, 15) is 13.2 Å². The molecule has 4 rings (SSSR count). The van der Waals surface area contributed by atoms with E-state index in [1.807, 2.05) is 30.3 Å². The first kappa shape index (κ1) is 24.3. The first-order chi connectivity index (χ1) is 16.8. The molecule has 0 unspecified atom stereocenters. The van der Waals surface area contributed by atoms with Crippen molar-refractivity contribution in [2.45, 2.75) is 6.54 Å². The summed E-state index contributed by atoms with van der Waals surface area (Å²) in [7, 11) is -3.58. The molecular weight excluding hydrogens is 484 g/mol. The van der Waals surface area contributed by atoms with Crippen LogP contribution in [0.2, 0.25) is 5.02 Å². The Kier molecular flexibility index (Phi) is 7.39. The van der Waals surface area contributed by atoms with Crippen LogP contribution >= 0.6 is 11.6 Å². The average molecular weight is 507 g/mol. The summed E-state index contributed by atoms with van der Waals surface area (Å²) in [5.74, 6) is 1.06. The Morgan fingerprint density at radius 1 is 0.829 bits per heavy atom. The number of hydrogen-bond donors (Lipinski definition) is 1. The van der Waals surface area contributed by atoms with Crippen LogP contribution in [0.3, 0.4) is 0 Å². The highest BCUT2D eigenvalue weighted by Crippen LogP contribution is 2.26. The maximum atomic E-state index is 12.7. The average Bonchev–Trinajstić information content (AvgIpc) is 2.85. The van der Waals surface area contributed by atoms with Crippen molar-refractivity contribution < 1.29 is 17.9 Å². The fourth-order valence-corrected chi connectivity index (χ4v) is 4.47. The molecule has 0 saturated carbocycles. The second-order valence-electron chi connectivity index (χ2n) is 7.80. The molecule has 0 heterocycles. The lowest BCUT2D eigenvalue weighted by atomic mass is 10.1. The summed E-state index contributed by atoms with van der Waals surface area (Å²) in [5, 5.41) is 3.32. The van der Waals surface area contributed by atoms with Crippen LogP contribution in [0, 0.1) is 0 Å². The molecule has 8 heteroatoms. The van der Waals surface area contributed by atoms with Crippen molar-refractivity contribution in [2.75, 3.05) is 15.9 Å². The van der Waals surface area contributed by atoms with E-state index in [0.29, 0.717) is 33.3 Å². The second-order valence-corrected chi connectivity index (χ2v) is 10.1. The van der Waals surface area contributed by atoms with Crippen molar-refractivity contribution in [1.29, 1.82) is 0 Å². The summed E-state index contributed by atoms with van der Waals surface area (Å²) in [6.45, 7) is 0.0848. The van der Waals surface area contributed by atoms with Crippen LogP contribution in [0.4, 0.5) is 11.4 Å². The number of amides is 1. The number of benzene rings is 4. The van der Waals surface area contributed by atoms with Gasteiger partial charge in [-0.15, -0.1) is 0 Å². The van der Waals surface area contributed by atoms with Gasteiger partial charge in [-0.3, -0.25) is 9.10 Å². The predicted molar refractivity (Wildman–Crippen MR) is 140 cm³/mol. The molecule has 6 nitrogen and oxygen atoms in total. The summed E-state index contributed by atoms with van der Waals surface area (Å²) in [6.07, 6.45) is 1.13. The van der Waals surface area contributed by atoms with Gasteiger partial charge in [0.2, 0.25) is 10.0 Å². The largest absolute Gasteiger partial charge is 0.457 e. The van der Waals surface area contributed by atoms with Gasteiger partial charge in [0.1, 0.15) is 11.5 Å². The lowest BCUT2D eigenvalue weighted by Crippen LogP contribution is -2.29. The standard InChI is InChI=1S/C27H23ClN2O4S/c1-35(32,33)30(19-21-7-5-6-10-26(21)28)23-15-11-20(12-16-23)27(31)29-22-13-17-25(18-14-22)34-24-8-3-2-4-9-24/h2-18H,19H2,1H3,(H,29,31). The number of ether oxygens (including phenoxy) is 1. The van der Waals surface area contributed by atoms with Crippen LogP contribution < -0.4 is 14.4 Å². The highest BCUT2D eigenvalue weighted by Gasteiger charge is 2.19. The van der Waals surface area contributed by atoms with E-state index in [4.69, 9.17) is 16.3 Å². The first-order valence-corrected chi connectivity index (χ1v) is 13.0. The topological polar surface area (TPSA) is 75.7 Å². The zero-order chi connectivity index (χ0) is 24.8. The molecule has 1 N–H and O–H groups in total. The minimum atomic E-state index is -3.58. The van der Waals surface area contributed by atoms with E-state index in [1.54, 1.807) is 72.8 Å². The monoisotopic (exact) mass is 506 g/mol. The minimum absolute atomic E-state index is 0.0848. The molecule has 178 valence electrons. The lowest BCUT2D eigenvalue weighted by Gasteiger charge is -2.23. The van der Waals surface area contributed by atoms with Crippen molar-refractivity contribution in [3.05, 3.63) is 119 Å². The van der Waals surface area contributed by atoms with Gasteiger partial charge in [0.15, 0.2) is 0 Å².